The zero-order chi connectivity index (χ0) is 22.9. The smallest absolute Gasteiger partial charge is 0.137 e. The normalized spacial score (nSPS) is 20.8. The maximum atomic E-state index is 10.5. The second-order valence-electron chi connectivity index (χ2n) is 10.1. The minimum absolute atomic E-state index is 0. The fourth-order valence-electron chi connectivity index (χ4n) is 5.64. The molecule has 0 radical (unpaired) electrons. The summed E-state index contributed by atoms with van der Waals surface area (Å²) in [6.45, 7) is 13.5. The van der Waals surface area contributed by atoms with Crippen LogP contribution in [0.25, 0.3) is 0 Å². The molecule has 8 heteroatoms. The first-order valence-corrected chi connectivity index (χ1v) is 12.9. The van der Waals surface area contributed by atoms with E-state index in [0.717, 1.165) is 46.6 Å². The number of benzene rings is 1. The van der Waals surface area contributed by atoms with Crippen LogP contribution in [-0.4, -0.2) is 97.0 Å². The van der Waals surface area contributed by atoms with E-state index >= 15 is 0 Å². The fourth-order valence-corrected chi connectivity index (χ4v) is 5.64. The number of aliphatic hydroxyl groups is 2. The minimum atomic E-state index is -0.456. The van der Waals surface area contributed by atoms with Gasteiger partial charge in [0.25, 0.3) is 0 Å². The standard InChI is InChI=1S/C26H46N2O4.2HI/c1-3-27(15-7-5-8-16-27)19-23(29)21-31-25-11-13-26(14-12-25)32-22-24(30)20-28(4-2)17-9-6-10-18-28;;/h11-14,23-24,29-30H,3-10,15-22H2,1-2H3;2*1H/q+2;;/p-2. The molecule has 0 amide bonds. The molecular weight excluding hydrogens is 658 g/mol. The van der Waals surface area contributed by atoms with E-state index in [9.17, 15) is 10.2 Å². The lowest BCUT2D eigenvalue weighted by molar-refractivity contribution is -0.933. The SMILES string of the molecule is CC[N+]1(CC(O)COc2ccc(OCC(O)C[N+]3(CC)CCCCC3)cc2)CCCCC1.[I-].[I-]. The molecule has 2 heterocycles. The molecule has 2 aliphatic rings. The monoisotopic (exact) mass is 704 g/mol. The van der Waals surface area contributed by atoms with E-state index in [4.69, 9.17) is 9.47 Å². The minimum Gasteiger partial charge on any atom is -1.00 e. The second kappa shape index (κ2) is 16.1. The Morgan fingerprint density at radius 2 is 0.971 bits per heavy atom. The van der Waals surface area contributed by atoms with Crippen LogP contribution in [0, 0.1) is 0 Å². The van der Waals surface area contributed by atoms with Crippen molar-refractivity contribution >= 4 is 0 Å². The largest absolute Gasteiger partial charge is 1.00 e. The molecule has 0 aliphatic carbocycles. The first-order chi connectivity index (χ1) is 15.5. The average Bonchev–Trinajstić information content (AvgIpc) is 2.83. The Morgan fingerprint density at radius 1 is 0.647 bits per heavy atom. The van der Waals surface area contributed by atoms with Crippen molar-refractivity contribution in [2.24, 2.45) is 0 Å². The highest BCUT2D eigenvalue weighted by Gasteiger charge is 2.32. The van der Waals surface area contributed by atoms with Crippen LogP contribution in [-0.2, 0) is 0 Å². The highest BCUT2D eigenvalue weighted by Crippen LogP contribution is 2.22. The van der Waals surface area contributed by atoms with Gasteiger partial charge in [0.15, 0.2) is 0 Å². The van der Waals surface area contributed by atoms with Crippen molar-refractivity contribution in [1.82, 2.24) is 0 Å². The molecule has 0 aromatic heterocycles. The molecular formula is C26H46I2N2O4. The number of halogens is 2. The van der Waals surface area contributed by atoms with Crippen LogP contribution in [0.3, 0.4) is 0 Å². The average molecular weight is 704 g/mol. The van der Waals surface area contributed by atoms with E-state index in [1.807, 2.05) is 24.3 Å². The Hall–Kier alpha value is 0.120. The maximum Gasteiger partial charge on any atom is 0.137 e. The lowest BCUT2D eigenvalue weighted by Gasteiger charge is -2.42. The summed E-state index contributed by atoms with van der Waals surface area (Å²) in [5.74, 6) is 1.48. The number of ether oxygens (including phenoxy) is 2. The summed E-state index contributed by atoms with van der Waals surface area (Å²) in [6.07, 6.45) is 6.76. The molecule has 2 saturated heterocycles. The lowest BCUT2D eigenvalue weighted by atomic mass is 10.1. The van der Waals surface area contributed by atoms with E-state index < -0.39 is 12.2 Å². The number of aliphatic hydroxyl groups excluding tert-OH is 2. The molecule has 0 saturated carbocycles. The summed E-state index contributed by atoms with van der Waals surface area (Å²) in [5.41, 5.74) is 0. The first kappa shape index (κ1) is 32.1. The summed E-state index contributed by atoms with van der Waals surface area (Å²) in [7, 11) is 0. The van der Waals surface area contributed by atoms with Crippen molar-refractivity contribution in [3.8, 4) is 11.5 Å². The summed E-state index contributed by atoms with van der Waals surface area (Å²) < 4.78 is 13.7. The second-order valence-corrected chi connectivity index (χ2v) is 10.1. The van der Waals surface area contributed by atoms with Crippen LogP contribution in [0.2, 0.25) is 0 Å². The molecule has 2 unspecified atom stereocenters. The molecule has 34 heavy (non-hydrogen) atoms. The van der Waals surface area contributed by atoms with Gasteiger partial charge in [-0.05, 0) is 76.6 Å². The third-order valence-corrected chi connectivity index (χ3v) is 7.78. The molecule has 2 N–H and O–H groups in total. The molecule has 1 aromatic rings. The topological polar surface area (TPSA) is 58.9 Å². The molecule has 2 fully saturated rings. The Morgan fingerprint density at radius 3 is 1.26 bits per heavy atom. The molecule has 3 rings (SSSR count). The van der Waals surface area contributed by atoms with Crippen LogP contribution in [0.5, 0.6) is 11.5 Å². The fraction of sp³-hybridized carbons (Fsp3) is 0.769. The first-order valence-electron chi connectivity index (χ1n) is 12.9. The number of hydrogen-bond donors (Lipinski definition) is 2. The summed E-state index contributed by atoms with van der Waals surface area (Å²) in [4.78, 5) is 0. The van der Waals surface area contributed by atoms with Crippen LogP contribution < -0.4 is 57.4 Å². The quantitative estimate of drug-likeness (QED) is 0.183. The van der Waals surface area contributed by atoms with Crippen molar-refractivity contribution in [2.75, 3.05) is 65.6 Å². The third kappa shape index (κ3) is 9.88. The highest BCUT2D eigenvalue weighted by molar-refractivity contribution is 5.31. The number of piperidine rings is 2. The number of likely N-dealkylation sites (tertiary alicyclic amines) is 2. The van der Waals surface area contributed by atoms with Gasteiger partial charge in [-0.1, -0.05) is 0 Å². The summed E-state index contributed by atoms with van der Waals surface area (Å²) in [6, 6.07) is 7.52. The van der Waals surface area contributed by atoms with E-state index in [-0.39, 0.29) is 48.0 Å². The number of nitrogens with zero attached hydrogens (tertiary/aromatic N) is 2. The van der Waals surface area contributed by atoms with Gasteiger partial charge in [0.2, 0.25) is 0 Å². The molecule has 198 valence electrons. The highest BCUT2D eigenvalue weighted by atomic mass is 127. The zero-order valence-corrected chi connectivity index (χ0v) is 25.5. The Bertz CT molecular complexity index is 608. The van der Waals surface area contributed by atoms with Crippen LogP contribution in [0.15, 0.2) is 24.3 Å². The van der Waals surface area contributed by atoms with Gasteiger partial charge in [-0.2, -0.15) is 0 Å². The third-order valence-electron chi connectivity index (χ3n) is 7.78. The van der Waals surface area contributed by atoms with Crippen molar-refractivity contribution in [3.63, 3.8) is 0 Å². The summed E-state index contributed by atoms with van der Waals surface area (Å²) in [5, 5.41) is 21.1. The number of quaternary nitrogens is 2. The molecule has 1 aromatic carbocycles. The Balaban J connectivity index is 0.00000289. The van der Waals surface area contributed by atoms with Crippen LogP contribution in [0.1, 0.15) is 52.4 Å². The summed E-state index contributed by atoms with van der Waals surface area (Å²) >= 11 is 0. The van der Waals surface area contributed by atoms with Gasteiger partial charge < -0.3 is 76.6 Å². The van der Waals surface area contributed by atoms with E-state index in [2.05, 4.69) is 13.8 Å². The predicted octanol–water partition coefficient (Wildman–Crippen LogP) is -2.78. The molecule has 2 aliphatic heterocycles. The van der Waals surface area contributed by atoms with Gasteiger partial charge in [0.05, 0.1) is 39.3 Å². The molecule has 0 bridgehead atoms. The van der Waals surface area contributed by atoms with Crippen molar-refractivity contribution in [3.05, 3.63) is 24.3 Å². The van der Waals surface area contributed by atoms with Crippen molar-refractivity contribution in [1.29, 1.82) is 0 Å². The Labute approximate surface area is 241 Å². The van der Waals surface area contributed by atoms with Gasteiger partial charge in [0, 0.05) is 0 Å². The van der Waals surface area contributed by atoms with E-state index in [1.54, 1.807) is 0 Å². The number of rotatable bonds is 12. The van der Waals surface area contributed by atoms with Gasteiger partial charge in [-0.15, -0.1) is 0 Å². The Kier molecular flexibility index (Phi) is 15.2. The zero-order valence-electron chi connectivity index (χ0n) is 21.1. The van der Waals surface area contributed by atoms with E-state index in [1.165, 1.54) is 64.7 Å². The van der Waals surface area contributed by atoms with E-state index in [0.29, 0.717) is 13.2 Å². The number of likely N-dealkylation sites (N-methyl/N-ethyl adjacent to an activating group) is 2. The van der Waals surface area contributed by atoms with Gasteiger partial charge in [0.1, 0.15) is 50.0 Å². The van der Waals surface area contributed by atoms with Gasteiger partial charge in [-0.25, -0.2) is 0 Å². The van der Waals surface area contributed by atoms with Crippen molar-refractivity contribution in [2.45, 2.75) is 64.6 Å². The molecule has 6 nitrogen and oxygen atoms in total. The lowest BCUT2D eigenvalue weighted by Crippen LogP contribution is -3.00. The van der Waals surface area contributed by atoms with Crippen LogP contribution in [0.4, 0.5) is 0 Å². The van der Waals surface area contributed by atoms with Crippen molar-refractivity contribution < 1.29 is 76.6 Å². The molecule has 0 spiro atoms. The van der Waals surface area contributed by atoms with Crippen LogP contribution >= 0.6 is 0 Å². The van der Waals surface area contributed by atoms with Gasteiger partial charge in [-0.3, -0.25) is 0 Å². The predicted molar refractivity (Wildman–Crippen MR) is 128 cm³/mol. The number of hydrogen-bond acceptors (Lipinski definition) is 4. The van der Waals surface area contributed by atoms with Gasteiger partial charge >= 0.3 is 0 Å². The molecule has 2 atom stereocenters. The maximum absolute atomic E-state index is 10.5.